The van der Waals surface area contributed by atoms with Gasteiger partial charge in [-0.1, -0.05) is 6.42 Å². The van der Waals surface area contributed by atoms with Gasteiger partial charge in [-0.3, -0.25) is 0 Å². The predicted octanol–water partition coefficient (Wildman–Crippen LogP) is 1.24. The zero-order valence-corrected chi connectivity index (χ0v) is 7.71. The maximum Gasteiger partial charge on any atom is 0.0434 e. The van der Waals surface area contributed by atoms with Crippen molar-refractivity contribution in [2.24, 2.45) is 5.92 Å². The second-order valence-electron chi connectivity index (χ2n) is 4.25. The summed E-state index contributed by atoms with van der Waals surface area (Å²) < 4.78 is 0. The molecule has 2 aliphatic rings. The van der Waals surface area contributed by atoms with Crippen LogP contribution in [0.25, 0.3) is 0 Å². The lowest BCUT2D eigenvalue weighted by atomic mass is 9.92. The molecule has 0 aromatic heterocycles. The smallest absolute Gasteiger partial charge is 0.0434 e. The van der Waals surface area contributed by atoms with Crippen LogP contribution in [0.2, 0.25) is 0 Å². The molecule has 0 aromatic rings. The maximum atomic E-state index is 8.80. The first kappa shape index (κ1) is 8.52. The zero-order valence-electron chi connectivity index (χ0n) is 7.71. The topological polar surface area (TPSA) is 23.5 Å². The van der Waals surface area contributed by atoms with Crippen molar-refractivity contribution in [2.45, 2.75) is 38.1 Å². The van der Waals surface area contributed by atoms with Crippen LogP contribution in [0.4, 0.5) is 0 Å². The van der Waals surface area contributed by atoms with Crippen molar-refractivity contribution in [2.75, 3.05) is 19.7 Å². The standard InChI is InChI=1S/C10H19NO/c12-7-5-9-4-6-11(8-9)10-2-1-3-10/h9-10,12H,1-8H2. The fourth-order valence-corrected chi connectivity index (χ4v) is 2.36. The molecule has 1 aliphatic heterocycles. The summed E-state index contributed by atoms with van der Waals surface area (Å²) in [7, 11) is 0. The monoisotopic (exact) mass is 169 g/mol. The minimum atomic E-state index is 0.378. The molecule has 1 heterocycles. The van der Waals surface area contributed by atoms with Gasteiger partial charge in [0.25, 0.3) is 0 Å². The third-order valence-electron chi connectivity index (χ3n) is 3.45. The molecule has 1 saturated carbocycles. The van der Waals surface area contributed by atoms with Crippen molar-refractivity contribution in [3.8, 4) is 0 Å². The van der Waals surface area contributed by atoms with E-state index < -0.39 is 0 Å². The van der Waals surface area contributed by atoms with Gasteiger partial charge in [-0.25, -0.2) is 0 Å². The Hall–Kier alpha value is -0.0800. The lowest BCUT2D eigenvalue weighted by Crippen LogP contribution is -2.38. The fraction of sp³-hybridized carbons (Fsp3) is 1.00. The lowest BCUT2D eigenvalue weighted by Gasteiger charge is -2.34. The summed E-state index contributed by atoms with van der Waals surface area (Å²) in [4.78, 5) is 2.63. The molecule has 2 heteroatoms. The molecular formula is C10H19NO. The molecule has 1 unspecified atom stereocenters. The average molecular weight is 169 g/mol. The highest BCUT2D eigenvalue weighted by atomic mass is 16.3. The van der Waals surface area contributed by atoms with Crippen LogP contribution < -0.4 is 0 Å². The van der Waals surface area contributed by atoms with Crippen LogP contribution >= 0.6 is 0 Å². The van der Waals surface area contributed by atoms with E-state index in [1.54, 1.807) is 0 Å². The van der Waals surface area contributed by atoms with Crippen LogP contribution in [0, 0.1) is 5.92 Å². The Morgan fingerprint density at radius 1 is 1.25 bits per heavy atom. The first-order chi connectivity index (χ1) is 5.90. The Morgan fingerprint density at radius 2 is 2.08 bits per heavy atom. The van der Waals surface area contributed by atoms with Crippen LogP contribution in [0.5, 0.6) is 0 Å². The number of hydrogen-bond donors (Lipinski definition) is 1. The Kier molecular flexibility index (Phi) is 2.66. The van der Waals surface area contributed by atoms with Gasteiger partial charge in [-0.15, -0.1) is 0 Å². The van der Waals surface area contributed by atoms with Crippen molar-refractivity contribution in [3.63, 3.8) is 0 Å². The van der Waals surface area contributed by atoms with E-state index in [1.807, 2.05) is 0 Å². The van der Waals surface area contributed by atoms with Crippen LogP contribution in [0.1, 0.15) is 32.1 Å². The van der Waals surface area contributed by atoms with Crippen molar-refractivity contribution < 1.29 is 5.11 Å². The average Bonchev–Trinajstić information content (AvgIpc) is 2.34. The van der Waals surface area contributed by atoms with E-state index in [2.05, 4.69) is 4.90 Å². The Labute approximate surface area is 74.6 Å². The highest BCUT2D eigenvalue weighted by Gasteiger charge is 2.30. The van der Waals surface area contributed by atoms with Crippen molar-refractivity contribution in [1.82, 2.24) is 4.90 Å². The third-order valence-corrected chi connectivity index (χ3v) is 3.45. The van der Waals surface area contributed by atoms with Gasteiger partial charge in [-0.05, 0) is 38.1 Å². The fourth-order valence-electron chi connectivity index (χ4n) is 2.36. The summed E-state index contributed by atoms with van der Waals surface area (Å²) in [6.07, 6.45) is 6.61. The van der Waals surface area contributed by atoms with Crippen LogP contribution in [-0.4, -0.2) is 35.7 Å². The first-order valence-electron chi connectivity index (χ1n) is 5.25. The number of rotatable bonds is 3. The summed E-state index contributed by atoms with van der Waals surface area (Å²) >= 11 is 0. The third kappa shape index (κ3) is 1.64. The van der Waals surface area contributed by atoms with Gasteiger partial charge in [0.05, 0.1) is 0 Å². The van der Waals surface area contributed by atoms with Crippen molar-refractivity contribution in [1.29, 1.82) is 0 Å². The van der Waals surface area contributed by atoms with E-state index in [1.165, 1.54) is 38.8 Å². The molecule has 70 valence electrons. The number of hydrogen-bond acceptors (Lipinski definition) is 2. The largest absolute Gasteiger partial charge is 0.396 e. The van der Waals surface area contributed by atoms with Gasteiger partial charge in [0, 0.05) is 19.2 Å². The quantitative estimate of drug-likeness (QED) is 0.687. The summed E-state index contributed by atoms with van der Waals surface area (Å²) in [5.41, 5.74) is 0. The van der Waals surface area contributed by atoms with E-state index >= 15 is 0 Å². The van der Waals surface area contributed by atoms with Gasteiger partial charge in [0.15, 0.2) is 0 Å². The lowest BCUT2D eigenvalue weighted by molar-refractivity contribution is 0.150. The Bertz CT molecular complexity index is 145. The molecule has 12 heavy (non-hydrogen) atoms. The highest BCUT2D eigenvalue weighted by molar-refractivity contribution is 4.85. The summed E-state index contributed by atoms with van der Waals surface area (Å²) in [6, 6.07) is 0.911. The molecule has 2 rings (SSSR count). The molecule has 1 N–H and O–H groups in total. The second kappa shape index (κ2) is 3.75. The molecule has 2 nitrogen and oxygen atoms in total. The zero-order chi connectivity index (χ0) is 8.39. The Balaban J connectivity index is 1.73. The highest BCUT2D eigenvalue weighted by Crippen LogP contribution is 2.30. The molecule has 0 bridgehead atoms. The van der Waals surface area contributed by atoms with Gasteiger partial charge < -0.3 is 10.0 Å². The number of aliphatic hydroxyl groups excluding tert-OH is 1. The summed E-state index contributed by atoms with van der Waals surface area (Å²) in [5, 5.41) is 8.80. The molecule has 2 fully saturated rings. The molecule has 0 spiro atoms. The predicted molar refractivity (Wildman–Crippen MR) is 49.0 cm³/mol. The maximum absolute atomic E-state index is 8.80. The van der Waals surface area contributed by atoms with Crippen LogP contribution in [0.15, 0.2) is 0 Å². The van der Waals surface area contributed by atoms with Crippen LogP contribution in [0.3, 0.4) is 0 Å². The van der Waals surface area contributed by atoms with Crippen LogP contribution in [-0.2, 0) is 0 Å². The van der Waals surface area contributed by atoms with E-state index in [4.69, 9.17) is 5.11 Å². The van der Waals surface area contributed by atoms with Gasteiger partial charge in [-0.2, -0.15) is 0 Å². The SMILES string of the molecule is OCCC1CCN(C2CCC2)C1. The molecule has 0 amide bonds. The summed E-state index contributed by atoms with van der Waals surface area (Å²) in [5.74, 6) is 0.788. The van der Waals surface area contributed by atoms with Crippen molar-refractivity contribution >= 4 is 0 Å². The van der Waals surface area contributed by atoms with Crippen molar-refractivity contribution in [3.05, 3.63) is 0 Å². The normalized spacial score (nSPS) is 32.2. The number of likely N-dealkylation sites (tertiary alicyclic amines) is 1. The van der Waals surface area contributed by atoms with E-state index in [-0.39, 0.29) is 0 Å². The van der Waals surface area contributed by atoms with Gasteiger partial charge in [0.2, 0.25) is 0 Å². The molecule has 1 saturated heterocycles. The minimum absolute atomic E-state index is 0.378. The molecule has 0 aromatic carbocycles. The minimum Gasteiger partial charge on any atom is -0.396 e. The van der Waals surface area contributed by atoms with E-state index in [0.29, 0.717) is 6.61 Å². The number of aliphatic hydroxyl groups is 1. The first-order valence-corrected chi connectivity index (χ1v) is 5.25. The molecule has 1 aliphatic carbocycles. The molecule has 1 atom stereocenters. The Morgan fingerprint density at radius 3 is 2.67 bits per heavy atom. The van der Waals surface area contributed by atoms with E-state index in [9.17, 15) is 0 Å². The summed E-state index contributed by atoms with van der Waals surface area (Å²) in [6.45, 7) is 2.92. The molecular weight excluding hydrogens is 150 g/mol. The molecule has 0 radical (unpaired) electrons. The van der Waals surface area contributed by atoms with E-state index in [0.717, 1.165) is 18.4 Å². The van der Waals surface area contributed by atoms with Gasteiger partial charge in [0.1, 0.15) is 0 Å². The van der Waals surface area contributed by atoms with Gasteiger partial charge >= 0.3 is 0 Å². The second-order valence-corrected chi connectivity index (χ2v) is 4.25. The number of nitrogens with zero attached hydrogens (tertiary/aromatic N) is 1.